The van der Waals surface area contributed by atoms with Gasteiger partial charge >= 0.3 is 5.97 Å². The minimum Gasteiger partial charge on any atom is -0.451 e. The summed E-state index contributed by atoms with van der Waals surface area (Å²) in [6, 6.07) is 13.2. The Morgan fingerprint density at radius 3 is 2.48 bits per heavy atom. The van der Waals surface area contributed by atoms with E-state index in [4.69, 9.17) is 4.74 Å². The van der Waals surface area contributed by atoms with Crippen molar-refractivity contribution in [2.75, 3.05) is 13.1 Å². The Balaban J connectivity index is 1.55. The van der Waals surface area contributed by atoms with Crippen molar-refractivity contribution in [1.29, 1.82) is 0 Å². The molecule has 0 spiro atoms. The van der Waals surface area contributed by atoms with E-state index in [2.05, 4.69) is 5.32 Å². The summed E-state index contributed by atoms with van der Waals surface area (Å²) in [5.74, 6) is -3.30. The zero-order valence-electron chi connectivity index (χ0n) is 16.6. The molecule has 0 aliphatic carbocycles. The minimum atomic E-state index is -1.15. The summed E-state index contributed by atoms with van der Waals surface area (Å²) in [4.78, 5) is 60.1. The molecule has 1 unspecified atom stereocenters. The van der Waals surface area contributed by atoms with Crippen LogP contribution in [0.4, 0.5) is 5.69 Å². The quantitative estimate of drug-likeness (QED) is 0.293. The number of fused-ring (bicyclic) bond motifs is 1. The molecule has 10 heteroatoms. The van der Waals surface area contributed by atoms with Gasteiger partial charge in [0.15, 0.2) is 6.10 Å². The van der Waals surface area contributed by atoms with Crippen LogP contribution in [0.2, 0.25) is 0 Å². The van der Waals surface area contributed by atoms with E-state index in [1.54, 1.807) is 0 Å². The number of nitro groups is 1. The zero-order chi connectivity index (χ0) is 22.5. The summed E-state index contributed by atoms with van der Waals surface area (Å²) in [7, 11) is 0. The molecule has 1 atom stereocenters. The van der Waals surface area contributed by atoms with E-state index in [1.807, 2.05) is 30.3 Å². The van der Waals surface area contributed by atoms with E-state index in [-0.39, 0.29) is 11.1 Å². The summed E-state index contributed by atoms with van der Waals surface area (Å²) in [6.45, 7) is 0.945. The van der Waals surface area contributed by atoms with Crippen LogP contribution in [0.15, 0.2) is 48.5 Å². The molecular formula is C21H19N3O7. The fourth-order valence-electron chi connectivity index (χ4n) is 3.15. The lowest BCUT2D eigenvalue weighted by Gasteiger charge is -2.16. The third-order valence-electron chi connectivity index (χ3n) is 4.69. The highest BCUT2D eigenvalue weighted by atomic mass is 16.6. The van der Waals surface area contributed by atoms with Crippen LogP contribution in [0.25, 0.3) is 0 Å². The monoisotopic (exact) mass is 425 g/mol. The van der Waals surface area contributed by atoms with Gasteiger partial charge in [0.25, 0.3) is 23.4 Å². The maximum atomic E-state index is 12.5. The van der Waals surface area contributed by atoms with Crippen LogP contribution < -0.4 is 5.32 Å². The number of hydrogen-bond acceptors (Lipinski definition) is 7. The second kappa shape index (κ2) is 9.16. The number of esters is 1. The largest absolute Gasteiger partial charge is 0.451 e. The van der Waals surface area contributed by atoms with Crippen molar-refractivity contribution in [2.45, 2.75) is 19.4 Å². The van der Waals surface area contributed by atoms with E-state index in [0.717, 1.165) is 11.6 Å². The van der Waals surface area contributed by atoms with Gasteiger partial charge < -0.3 is 10.1 Å². The molecule has 0 fully saturated rings. The average Bonchev–Trinajstić information content (AvgIpc) is 2.99. The van der Waals surface area contributed by atoms with Crippen molar-refractivity contribution in [3.63, 3.8) is 0 Å². The van der Waals surface area contributed by atoms with Gasteiger partial charge in [-0.25, -0.2) is 0 Å². The normalized spacial score (nSPS) is 13.5. The summed E-state index contributed by atoms with van der Waals surface area (Å²) in [5, 5.41) is 13.8. The number of nitro benzene ring substituents is 1. The number of carbonyl (C=O) groups is 4. The number of rotatable bonds is 8. The molecule has 2 aromatic rings. The molecule has 1 heterocycles. The lowest BCUT2D eigenvalue weighted by Crippen LogP contribution is -2.41. The number of benzene rings is 2. The van der Waals surface area contributed by atoms with Crippen LogP contribution in [0, 0.1) is 10.1 Å². The molecule has 1 aliphatic heterocycles. The SMILES string of the molecule is CC(OC(=O)CN1C(=O)c2cccc([N+](=O)[O-])c2C1=O)C(=O)NCCc1ccccc1. The first kappa shape index (κ1) is 21.6. The Labute approximate surface area is 176 Å². The average molecular weight is 425 g/mol. The number of carbonyl (C=O) groups excluding carboxylic acids is 4. The second-order valence-electron chi connectivity index (χ2n) is 6.81. The molecule has 31 heavy (non-hydrogen) atoms. The summed E-state index contributed by atoms with van der Waals surface area (Å²) in [5.41, 5.74) is 0.000696. The van der Waals surface area contributed by atoms with Gasteiger partial charge in [-0.3, -0.25) is 34.2 Å². The third kappa shape index (κ3) is 4.74. The van der Waals surface area contributed by atoms with Gasteiger partial charge in [0, 0.05) is 12.6 Å². The summed E-state index contributed by atoms with van der Waals surface area (Å²) < 4.78 is 5.02. The molecule has 3 rings (SSSR count). The fourth-order valence-corrected chi connectivity index (χ4v) is 3.15. The lowest BCUT2D eigenvalue weighted by atomic mass is 10.1. The fraction of sp³-hybridized carbons (Fsp3) is 0.238. The van der Waals surface area contributed by atoms with Gasteiger partial charge in [0.05, 0.1) is 10.5 Å². The molecule has 2 aromatic carbocycles. The molecule has 1 aliphatic rings. The van der Waals surface area contributed by atoms with E-state index in [1.165, 1.54) is 19.1 Å². The summed E-state index contributed by atoms with van der Waals surface area (Å²) >= 11 is 0. The standard InChI is InChI=1S/C21H19N3O7/c1-13(19(26)22-11-10-14-6-3-2-4-7-14)31-17(25)12-23-20(27)15-8-5-9-16(24(29)30)18(15)21(23)28/h2-9,13H,10-12H2,1H3,(H,22,26). The van der Waals surface area contributed by atoms with E-state index < -0.39 is 47.0 Å². The highest BCUT2D eigenvalue weighted by Crippen LogP contribution is 2.30. The molecule has 10 nitrogen and oxygen atoms in total. The molecular weight excluding hydrogens is 406 g/mol. The van der Waals surface area contributed by atoms with Crippen molar-refractivity contribution in [3.8, 4) is 0 Å². The van der Waals surface area contributed by atoms with Gasteiger partial charge in [-0.05, 0) is 25.0 Å². The molecule has 0 radical (unpaired) electrons. The molecule has 0 saturated heterocycles. The Bertz CT molecular complexity index is 1050. The van der Waals surface area contributed by atoms with Crippen LogP contribution in [0.1, 0.15) is 33.2 Å². The Morgan fingerprint density at radius 2 is 1.81 bits per heavy atom. The highest BCUT2D eigenvalue weighted by molar-refractivity contribution is 6.24. The van der Waals surface area contributed by atoms with Gasteiger partial charge in [-0.1, -0.05) is 36.4 Å². The Hall–Kier alpha value is -4.08. The zero-order valence-corrected chi connectivity index (χ0v) is 16.6. The predicted molar refractivity (Wildman–Crippen MR) is 107 cm³/mol. The second-order valence-corrected chi connectivity index (χ2v) is 6.81. The van der Waals surface area contributed by atoms with Gasteiger partial charge in [0.2, 0.25) is 0 Å². The molecule has 0 saturated carbocycles. The third-order valence-corrected chi connectivity index (χ3v) is 4.69. The number of amides is 3. The van der Waals surface area contributed by atoms with Gasteiger partial charge in [-0.15, -0.1) is 0 Å². The molecule has 3 amide bonds. The van der Waals surface area contributed by atoms with Gasteiger partial charge in [0.1, 0.15) is 12.1 Å². The number of hydrogen-bond donors (Lipinski definition) is 1. The van der Waals surface area contributed by atoms with Crippen molar-refractivity contribution in [1.82, 2.24) is 10.2 Å². The first-order chi connectivity index (χ1) is 14.8. The molecule has 1 N–H and O–H groups in total. The van der Waals surface area contributed by atoms with Crippen LogP contribution in [0.5, 0.6) is 0 Å². The topological polar surface area (TPSA) is 136 Å². The smallest absolute Gasteiger partial charge is 0.326 e. The Kier molecular flexibility index (Phi) is 6.39. The predicted octanol–water partition coefficient (Wildman–Crippen LogP) is 1.48. The highest BCUT2D eigenvalue weighted by Gasteiger charge is 2.42. The van der Waals surface area contributed by atoms with Crippen LogP contribution in [0.3, 0.4) is 0 Å². The minimum absolute atomic E-state index is 0.154. The first-order valence-electron chi connectivity index (χ1n) is 9.44. The van der Waals surface area contributed by atoms with Crippen molar-refractivity contribution < 1.29 is 28.8 Å². The number of nitrogens with zero attached hydrogens (tertiary/aromatic N) is 2. The van der Waals surface area contributed by atoms with E-state index >= 15 is 0 Å². The van der Waals surface area contributed by atoms with Crippen LogP contribution >= 0.6 is 0 Å². The van der Waals surface area contributed by atoms with Crippen molar-refractivity contribution >= 4 is 29.4 Å². The van der Waals surface area contributed by atoms with Gasteiger partial charge in [-0.2, -0.15) is 0 Å². The van der Waals surface area contributed by atoms with E-state index in [9.17, 15) is 29.3 Å². The Morgan fingerprint density at radius 1 is 1.10 bits per heavy atom. The maximum absolute atomic E-state index is 12.5. The summed E-state index contributed by atoms with van der Waals surface area (Å²) in [6.07, 6.45) is -0.547. The van der Waals surface area contributed by atoms with Crippen molar-refractivity contribution in [3.05, 3.63) is 75.3 Å². The van der Waals surface area contributed by atoms with Crippen LogP contribution in [-0.4, -0.2) is 52.7 Å². The maximum Gasteiger partial charge on any atom is 0.326 e. The first-order valence-corrected chi connectivity index (χ1v) is 9.44. The lowest BCUT2D eigenvalue weighted by molar-refractivity contribution is -0.385. The number of imide groups is 1. The molecule has 160 valence electrons. The number of nitrogens with one attached hydrogen (secondary N) is 1. The molecule has 0 bridgehead atoms. The molecule has 0 aromatic heterocycles. The van der Waals surface area contributed by atoms with Crippen molar-refractivity contribution in [2.24, 2.45) is 0 Å². The number of ether oxygens (including phenoxy) is 1. The van der Waals surface area contributed by atoms with Crippen LogP contribution in [-0.2, 0) is 20.7 Å². The van der Waals surface area contributed by atoms with E-state index in [0.29, 0.717) is 17.9 Å².